The second kappa shape index (κ2) is 5.30. The fourth-order valence-electron chi connectivity index (χ4n) is 1.51. The van der Waals surface area contributed by atoms with Gasteiger partial charge >= 0.3 is 5.97 Å². The van der Waals surface area contributed by atoms with Gasteiger partial charge in [-0.05, 0) is 19.8 Å². The van der Waals surface area contributed by atoms with Crippen molar-refractivity contribution in [3.63, 3.8) is 0 Å². The lowest BCUT2D eigenvalue weighted by Gasteiger charge is -2.26. The minimum atomic E-state index is -0.872. The van der Waals surface area contributed by atoms with E-state index in [2.05, 4.69) is 0 Å². The molecule has 0 aliphatic heterocycles. The maximum atomic E-state index is 11.9. The number of carboxylic acid groups (broad SMARTS) is 1. The molecule has 0 radical (unpaired) electrons. The number of carbonyl (C=O) groups excluding carboxylic acids is 1. The third kappa shape index (κ3) is 3.20. The Kier molecular flexibility index (Phi) is 4.29. The van der Waals surface area contributed by atoms with Crippen LogP contribution in [-0.2, 0) is 14.3 Å². The first-order valence-electron chi connectivity index (χ1n) is 5.53. The predicted molar refractivity (Wildman–Crippen MR) is 58.0 cm³/mol. The minimum Gasteiger partial charge on any atom is -0.481 e. The Morgan fingerprint density at radius 2 is 2.00 bits per heavy atom. The monoisotopic (exact) mass is 229 g/mol. The molecule has 92 valence electrons. The van der Waals surface area contributed by atoms with Crippen LogP contribution in [0.3, 0.4) is 0 Å². The van der Waals surface area contributed by atoms with Crippen LogP contribution in [0.2, 0.25) is 0 Å². The van der Waals surface area contributed by atoms with E-state index < -0.39 is 18.0 Å². The van der Waals surface area contributed by atoms with Crippen molar-refractivity contribution < 1.29 is 19.4 Å². The highest BCUT2D eigenvalue weighted by Crippen LogP contribution is 2.28. The maximum Gasteiger partial charge on any atom is 0.308 e. The summed E-state index contributed by atoms with van der Waals surface area (Å²) in [6, 6.07) is 0.215. The van der Waals surface area contributed by atoms with Gasteiger partial charge in [-0.1, -0.05) is 6.92 Å². The van der Waals surface area contributed by atoms with Crippen LogP contribution in [0, 0.1) is 5.92 Å². The van der Waals surface area contributed by atoms with Gasteiger partial charge < -0.3 is 14.7 Å². The summed E-state index contributed by atoms with van der Waals surface area (Å²) in [4.78, 5) is 24.3. The summed E-state index contributed by atoms with van der Waals surface area (Å²) in [7, 11) is 1.48. The third-order valence-electron chi connectivity index (χ3n) is 2.86. The first kappa shape index (κ1) is 13.0. The molecule has 1 N–H and O–H groups in total. The molecule has 5 nitrogen and oxygen atoms in total. The zero-order valence-corrected chi connectivity index (χ0v) is 9.97. The van der Waals surface area contributed by atoms with E-state index in [-0.39, 0.29) is 18.5 Å². The van der Waals surface area contributed by atoms with Gasteiger partial charge in [0.1, 0.15) is 6.10 Å². The van der Waals surface area contributed by atoms with Gasteiger partial charge in [-0.15, -0.1) is 0 Å². The van der Waals surface area contributed by atoms with E-state index in [0.717, 1.165) is 12.8 Å². The number of amides is 1. The number of carboxylic acids is 1. The molecule has 0 saturated heterocycles. The predicted octanol–water partition coefficient (Wildman–Crippen LogP) is 0.733. The van der Waals surface area contributed by atoms with Crippen molar-refractivity contribution in [1.82, 2.24) is 4.90 Å². The molecule has 0 spiro atoms. The Morgan fingerprint density at radius 1 is 1.44 bits per heavy atom. The number of hydrogen-bond donors (Lipinski definition) is 1. The van der Waals surface area contributed by atoms with Crippen LogP contribution in [0.4, 0.5) is 0 Å². The second-order valence-electron chi connectivity index (χ2n) is 4.34. The van der Waals surface area contributed by atoms with Crippen LogP contribution in [0.15, 0.2) is 0 Å². The number of hydrogen-bond acceptors (Lipinski definition) is 3. The highest BCUT2D eigenvalue weighted by molar-refractivity contribution is 5.82. The summed E-state index contributed by atoms with van der Waals surface area (Å²) in [5, 5.41) is 8.84. The van der Waals surface area contributed by atoms with Crippen molar-refractivity contribution in [2.75, 3.05) is 13.7 Å². The first-order chi connectivity index (χ1) is 7.47. The zero-order chi connectivity index (χ0) is 12.3. The lowest BCUT2D eigenvalue weighted by Crippen LogP contribution is -2.43. The number of ether oxygens (including phenoxy) is 1. The van der Waals surface area contributed by atoms with Crippen molar-refractivity contribution in [3.05, 3.63) is 0 Å². The fourth-order valence-corrected chi connectivity index (χ4v) is 1.51. The molecule has 1 amide bonds. The van der Waals surface area contributed by atoms with E-state index in [1.54, 1.807) is 18.7 Å². The lowest BCUT2D eigenvalue weighted by molar-refractivity contribution is -0.146. The summed E-state index contributed by atoms with van der Waals surface area (Å²) in [6.07, 6.45) is 1.44. The van der Waals surface area contributed by atoms with Crippen LogP contribution in [-0.4, -0.2) is 47.7 Å². The van der Waals surface area contributed by atoms with E-state index in [1.165, 1.54) is 7.11 Å². The normalized spacial score (nSPS) is 18.9. The maximum absolute atomic E-state index is 11.9. The first-order valence-corrected chi connectivity index (χ1v) is 5.53. The van der Waals surface area contributed by atoms with E-state index in [9.17, 15) is 9.59 Å². The Labute approximate surface area is 95.4 Å². The van der Waals surface area contributed by atoms with Crippen LogP contribution in [0.1, 0.15) is 26.7 Å². The van der Waals surface area contributed by atoms with Gasteiger partial charge in [0.05, 0.1) is 5.92 Å². The van der Waals surface area contributed by atoms with Crippen LogP contribution < -0.4 is 0 Å². The van der Waals surface area contributed by atoms with E-state index in [1.807, 2.05) is 0 Å². The van der Waals surface area contributed by atoms with Gasteiger partial charge in [-0.2, -0.15) is 0 Å². The average Bonchev–Trinajstić information content (AvgIpc) is 3.06. The average molecular weight is 229 g/mol. The lowest BCUT2D eigenvalue weighted by atomic mass is 10.1. The molecule has 16 heavy (non-hydrogen) atoms. The molecular weight excluding hydrogens is 210 g/mol. The molecule has 1 fully saturated rings. The van der Waals surface area contributed by atoms with E-state index in [4.69, 9.17) is 9.84 Å². The summed E-state index contributed by atoms with van der Waals surface area (Å²) in [6.45, 7) is 3.57. The Hall–Kier alpha value is -1.10. The quantitative estimate of drug-likeness (QED) is 0.729. The van der Waals surface area contributed by atoms with Gasteiger partial charge in [-0.3, -0.25) is 9.59 Å². The van der Waals surface area contributed by atoms with E-state index >= 15 is 0 Å². The topological polar surface area (TPSA) is 66.8 Å². The van der Waals surface area contributed by atoms with Gasteiger partial charge in [0.2, 0.25) is 0 Å². The SMILES string of the molecule is COC(C)C(=O)N(CC(C)C(=O)O)C1CC1. The van der Waals surface area contributed by atoms with Gasteiger partial charge in [-0.25, -0.2) is 0 Å². The van der Waals surface area contributed by atoms with Crippen molar-refractivity contribution in [2.45, 2.75) is 38.8 Å². The van der Waals surface area contributed by atoms with Crippen LogP contribution >= 0.6 is 0 Å². The molecule has 0 heterocycles. The Morgan fingerprint density at radius 3 is 2.38 bits per heavy atom. The highest BCUT2D eigenvalue weighted by Gasteiger charge is 2.36. The Bertz CT molecular complexity index is 275. The molecular formula is C11H19NO4. The van der Waals surface area contributed by atoms with E-state index in [0.29, 0.717) is 0 Å². The minimum absolute atomic E-state index is 0.113. The van der Waals surface area contributed by atoms with Crippen molar-refractivity contribution in [2.24, 2.45) is 5.92 Å². The number of methoxy groups -OCH3 is 1. The molecule has 2 unspecified atom stereocenters. The standard InChI is InChI=1S/C11H19NO4/c1-7(11(14)15)6-12(9-4-5-9)10(13)8(2)16-3/h7-9H,4-6H2,1-3H3,(H,14,15). The summed E-state index contributed by atoms with van der Waals surface area (Å²) in [5.74, 6) is -1.52. The number of carbonyl (C=O) groups is 2. The zero-order valence-electron chi connectivity index (χ0n) is 9.97. The molecule has 0 aromatic heterocycles. The molecule has 0 bridgehead atoms. The summed E-state index contributed by atoms with van der Waals surface area (Å²) < 4.78 is 4.97. The Balaban J connectivity index is 2.60. The third-order valence-corrected chi connectivity index (χ3v) is 2.86. The molecule has 5 heteroatoms. The molecule has 1 rings (SSSR count). The van der Waals surface area contributed by atoms with Gasteiger partial charge in [0.15, 0.2) is 0 Å². The fraction of sp³-hybridized carbons (Fsp3) is 0.818. The second-order valence-corrected chi connectivity index (χ2v) is 4.34. The molecule has 1 saturated carbocycles. The van der Waals surface area contributed by atoms with Crippen LogP contribution in [0.25, 0.3) is 0 Å². The van der Waals surface area contributed by atoms with Crippen molar-refractivity contribution in [3.8, 4) is 0 Å². The number of aliphatic carboxylic acids is 1. The summed E-state index contributed by atoms with van der Waals surface area (Å²) >= 11 is 0. The van der Waals surface area contributed by atoms with Gasteiger partial charge in [0, 0.05) is 19.7 Å². The van der Waals surface area contributed by atoms with Crippen LogP contribution in [0.5, 0.6) is 0 Å². The largest absolute Gasteiger partial charge is 0.481 e. The van der Waals surface area contributed by atoms with Gasteiger partial charge in [0.25, 0.3) is 5.91 Å². The molecule has 0 aromatic carbocycles. The molecule has 1 aliphatic carbocycles. The highest BCUT2D eigenvalue weighted by atomic mass is 16.5. The smallest absolute Gasteiger partial charge is 0.308 e. The number of rotatable bonds is 6. The number of nitrogens with zero attached hydrogens (tertiary/aromatic N) is 1. The molecule has 0 aromatic rings. The molecule has 2 atom stereocenters. The summed E-state index contributed by atoms with van der Waals surface area (Å²) in [5.41, 5.74) is 0. The van der Waals surface area contributed by atoms with Crippen molar-refractivity contribution >= 4 is 11.9 Å². The molecule has 1 aliphatic rings. The van der Waals surface area contributed by atoms with Crippen molar-refractivity contribution in [1.29, 1.82) is 0 Å².